The van der Waals surface area contributed by atoms with E-state index in [1.54, 1.807) is 30.3 Å². The standard InChI is InChI=1S/C12H7FINO/c13-11-8(4-3-5-9(11)14)12(16)10-6-1-2-7-15-10/h1-7H. The van der Waals surface area contributed by atoms with Gasteiger partial charge in [0.25, 0.3) is 0 Å². The van der Waals surface area contributed by atoms with Crippen LogP contribution in [0.5, 0.6) is 0 Å². The molecular weight excluding hydrogens is 320 g/mol. The van der Waals surface area contributed by atoms with Crippen LogP contribution in [0.4, 0.5) is 4.39 Å². The van der Waals surface area contributed by atoms with Crippen molar-refractivity contribution in [1.82, 2.24) is 4.98 Å². The number of carbonyl (C=O) groups excluding carboxylic acids is 1. The van der Waals surface area contributed by atoms with Gasteiger partial charge in [0.05, 0.1) is 5.56 Å². The minimum absolute atomic E-state index is 0.0607. The molecule has 1 aromatic carbocycles. The van der Waals surface area contributed by atoms with Gasteiger partial charge >= 0.3 is 0 Å². The molecular formula is C12H7FINO. The summed E-state index contributed by atoms with van der Waals surface area (Å²) < 4.78 is 14.1. The normalized spacial score (nSPS) is 10.1. The number of ketones is 1. The zero-order chi connectivity index (χ0) is 11.5. The van der Waals surface area contributed by atoms with Gasteiger partial charge in [-0.15, -0.1) is 0 Å². The predicted octanol–water partition coefficient (Wildman–Crippen LogP) is 3.06. The van der Waals surface area contributed by atoms with Crippen LogP contribution < -0.4 is 0 Å². The SMILES string of the molecule is O=C(c1ccccn1)c1cccc(I)c1F. The van der Waals surface area contributed by atoms with Crippen molar-refractivity contribution in [2.24, 2.45) is 0 Å². The monoisotopic (exact) mass is 327 g/mol. The van der Waals surface area contributed by atoms with Crippen LogP contribution in [0.2, 0.25) is 0 Å². The van der Waals surface area contributed by atoms with E-state index >= 15 is 0 Å². The smallest absolute Gasteiger partial charge is 0.214 e. The molecule has 0 radical (unpaired) electrons. The van der Waals surface area contributed by atoms with E-state index in [0.29, 0.717) is 3.57 Å². The number of pyridine rings is 1. The number of halogens is 2. The van der Waals surface area contributed by atoms with Gasteiger partial charge < -0.3 is 0 Å². The number of carbonyl (C=O) groups is 1. The minimum atomic E-state index is -0.487. The van der Waals surface area contributed by atoms with Crippen LogP contribution in [0, 0.1) is 9.39 Å². The first-order valence-electron chi connectivity index (χ1n) is 4.60. The summed E-state index contributed by atoms with van der Waals surface area (Å²) in [7, 11) is 0. The quantitative estimate of drug-likeness (QED) is 0.627. The molecule has 0 saturated carbocycles. The minimum Gasteiger partial charge on any atom is -0.287 e. The highest BCUT2D eigenvalue weighted by atomic mass is 127. The van der Waals surface area contributed by atoms with Crippen LogP contribution in [0.25, 0.3) is 0 Å². The third kappa shape index (κ3) is 2.11. The van der Waals surface area contributed by atoms with Crippen LogP contribution in [0.3, 0.4) is 0 Å². The van der Waals surface area contributed by atoms with Crippen molar-refractivity contribution >= 4 is 28.4 Å². The molecule has 2 rings (SSSR count). The second-order valence-electron chi connectivity index (χ2n) is 3.15. The lowest BCUT2D eigenvalue weighted by Gasteiger charge is -2.02. The highest BCUT2D eigenvalue weighted by molar-refractivity contribution is 14.1. The average molecular weight is 327 g/mol. The van der Waals surface area contributed by atoms with E-state index < -0.39 is 11.6 Å². The van der Waals surface area contributed by atoms with Crippen molar-refractivity contribution < 1.29 is 9.18 Å². The highest BCUT2D eigenvalue weighted by Crippen LogP contribution is 2.17. The van der Waals surface area contributed by atoms with Gasteiger partial charge in [-0.1, -0.05) is 12.1 Å². The Balaban J connectivity index is 2.46. The molecule has 0 aliphatic heterocycles. The largest absolute Gasteiger partial charge is 0.287 e. The first kappa shape index (κ1) is 11.2. The predicted molar refractivity (Wildman–Crippen MR) is 66.8 cm³/mol. The first-order chi connectivity index (χ1) is 7.70. The van der Waals surface area contributed by atoms with E-state index in [1.165, 1.54) is 12.3 Å². The molecule has 2 aromatic rings. The molecule has 0 amide bonds. The molecule has 0 aliphatic carbocycles. The number of hydrogen-bond acceptors (Lipinski definition) is 2. The number of rotatable bonds is 2. The Morgan fingerprint density at radius 3 is 2.69 bits per heavy atom. The topological polar surface area (TPSA) is 30.0 Å². The summed E-state index contributed by atoms with van der Waals surface area (Å²) in [6.45, 7) is 0. The second kappa shape index (κ2) is 4.69. The summed E-state index contributed by atoms with van der Waals surface area (Å²) in [6.07, 6.45) is 1.51. The van der Waals surface area contributed by atoms with E-state index in [2.05, 4.69) is 4.98 Å². The summed E-state index contributed by atoms with van der Waals surface area (Å²) >= 11 is 1.86. The van der Waals surface area contributed by atoms with Crippen molar-refractivity contribution in [2.45, 2.75) is 0 Å². The average Bonchev–Trinajstić information content (AvgIpc) is 2.33. The van der Waals surface area contributed by atoms with Crippen molar-refractivity contribution in [3.8, 4) is 0 Å². The van der Waals surface area contributed by atoms with Crippen molar-refractivity contribution in [3.63, 3.8) is 0 Å². The zero-order valence-corrected chi connectivity index (χ0v) is 10.3. The van der Waals surface area contributed by atoms with Gasteiger partial charge in [0.1, 0.15) is 11.5 Å². The molecule has 0 saturated heterocycles. The molecule has 0 fully saturated rings. The molecule has 80 valence electrons. The van der Waals surface area contributed by atoms with Crippen LogP contribution in [-0.2, 0) is 0 Å². The van der Waals surface area contributed by atoms with E-state index in [4.69, 9.17) is 0 Å². The Morgan fingerprint density at radius 1 is 1.19 bits per heavy atom. The van der Waals surface area contributed by atoms with Crippen LogP contribution >= 0.6 is 22.6 Å². The van der Waals surface area contributed by atoms with Crippen molar-refractivity contribution in [1.29, 1.82) is 0 Å². The van der Waals surface area contributed by atoms with Gasteiger partial charge in [-0.25, -0.2) is 4.39 Å². The molecule has 1 heterocycles. The van der Waals surface area contributed by atoms with Crippen molar-refractivity contribution in [2.75, 3.05) is 0 Å². The van der Waals surface area contributed by atoms with Gasteiger partial charge in [-0.05, 0) is 46.9 Å². The number of hydrogen-bond donors (Lipinski definition) is 0. The number of aromatic nitrogens is 1. The molecule has 2 nitrogen and oxygen atoms in total. The van der Waals surface area contributed by atoms with Crippen LogP contribution in [0.15, 0.2) is 42.6 Å². The Bertz CT molecular complexity index is 528. The maximum Gasteiger partial charge on any atom is 0.214 e. The molecule has 0 unspecified atom stereocenters. The number of benzene rings is 1. The number of nitrogens with zero attached hydrogens (tertiary/aromatic N) is 1. The Labute approximate surface area is 106 Å². The summed E-state index contributed by atoms with van der Waals surface area (Å²) in [4.78, 5) is 15.8. The summed E-state index contributed by atoms with van der Waals surface area (Å²) in [5.74, 6) is -0.879. The molecule has 16 heavy (non-hydrogen) atoms. The lowest BCUT2D eigenvalue weighted by atomic mass is 10.1. The van der Waals surface area contributed by atoms with Crippen molar-refractivity contribution in [3.05, 3.63) is 63.2 Å². The fourth-order valence-electron chi connectivity index (χ4n) is 1.31. The molecule has 0 N–H and O–H groups in total. The van der Waals surface area contributed by atoms with Gasteiger partial charge in [0.2, 0.25) is 5.78 Å². The van der Waals surface area contributed by atoms with E-state index in [1.807, 2.05) is 22.6 Å². The lowest BCUT2D eigenvalue weighted by Crippen LogP contribution is -2.07. The Hall–Kier alpha value is -1.30. The lowest BCUT2D eigenvalue weighted by molar-refractivity contribution is 0.103. The summed E-state index contributed by atoms with van der Waals surface area (Å²) in [6, 6.07) is 9.72. The van der Waals surface area contributed by atoms with Crippen LogP contribution in [-0.4, -0.2) is 10.8 Å². The third-order valence-electron chi connectivity index (χ3n) is 2.09. The maximum atomic E-state index is 13.7. The van der Waals surface area contributed by atoms with Gasteiger partial charge in [0, 0.05) is 9.77 Å². The summed E-state index contributed by atoms with van der Waals surface area (Å²) in [5, 5.41) is 0. The highest BCUT2D eigenvalue weighted by Gasteiger charge is 2.16. The van der Waals surface area contributed by atoms with Gasteiger partial charge in [-0.3, -0.25) is 9.78 Å². The first-order valence-corrected chi connectivity index (χ1v) is 5.68. The Morgan fingerprint density at radius 2 is 2.00 bits per heavy atom. The third-order valence-corrected chi connectivity index (χ3v) is 2.93. The van der Waals surface area contributed by atoms with Gasteiger partial charge in [-0.2, -0.15) is 0 Å². The molecule has 0 aliphatic rings. The van der Waals surface area contributed by atoms with Crippen LogP contribution in [0.1, 0.15) is 16.1 Å². The zero-order valence-electron chi connectivity index (χ0n) is 8.15. The fraction of sp³-hybridized carbons (Fsp3) is 0. The maximum absolute atomic E-state index is 13.7. The molecule has 0 spiro atoms. The molecule has 4 heteroatoms. The summed E-state index contributed by atoms with van der Waals surface area (Å²) in [5.41, 5.74) is 0.314. The fourth-order valence-corrected chi connectivity index (χ4v) is 1.81. The molecule has 1 aromatic heterocycles. The molecule has 0 bridgehead atoms. The van der Waals surface area contributed by atoms with Gasteiger partial charge in [0.15, 0.2) is 0 Å². The Kier molecular flexibility index (Phi) is 3.28. The second-order valence-corrected chi connectivity index (χ2v) is 4.31. The molecule has 0 atom stereocenters. The van der Waals surface area contributed by atoms with E-state index in [-0.39, 0.29) is 11.3 Å². The van der Waals surface area contributed by atoms with E-state index in [0.717, 1.165) is 0 Å². The van der Waals surface area contributed by atoms with E-state index in [9.17, 15) is 9.18 Å².